The summed E-state index contributed by atoms with van der Waals surface area (Å²) in [5.74, 6) is 0.583. The minimum Gasteiger partial charge on any atom is -0.449 e. The van der Waals surface area contributed by atoms with Gasteiger partial charge in [0.2, 0.25) is 0 Å². The molecule has 1 amide bonds. The fraction of sp³-hybridized carbons (Fsp3) is 0.167. The summed E-state index contributed by atoms with van der Waals surface area (Å²) in [6, 6.07) is 15.5. The van der Waals surface area contributed by atoms with E-state index >= 15 is 0 Å². The first-order valence-electron chi connectivity index (χ1n) is 7.84. The third kappa shape index (κ3) is 4.45. The highest BCUT2D eigenvalue weighted by atomic mass is 79.9. The van der Waals surface area contributed by atoms with E-state index < -0.39 is 6.09 Å². The molecule has 7 heteroatoms. The number of nitrogens with zero attached hydrogens (tertiary/aromatic N) is 2. The summed E-state index contributed by atoms with van der Waals surface area (Å²) in [7, 11) is 0. The van der Waals surface area contributed by atoms with Gasteiger partial charge in [-0.25, -0.2) is 15.2 Å². The Bertz CT molecular complexity index is 831. The van der Waals surface area contributed by atoms with Crippen molar-refractivity contribution >= 4 is 44.9 Å². The van der Waals surface area contributed by atoms with Gasteiger partial charge in [0.05, 0.1) is 30.1 Å². The standard InChI is InChI=1S/C18H17BrN4O2/c1-2-25-18(24)23-22-17-11-16(12-7-9-13(19)10-8-12)20-14-5-3-4-6-15(14)21-17/h3-10H,2,11H2,1H3,(H,21,22)(H,23,24). The molecule has 0 radical (unpaired) electrons. The lowest BCUT2D eigenvalue weighted by molar-refractivity contribution is 0.150. The Balaban J connectivity index is 1.90. The summed E-state index contributed by atoms with van der Waals surface area (Å²) in [5.41, 5.74) is 8.69. The number of carbonyl (C=O) groups is 1. The van der Waals surface area contributed by atoms with E-state index in [2.05, 4.69) is 31.8 Å². The number of para-hydroxylation sites is 2. The average molecular weight is 401 g/mol. The minimum atomic E-state index is -0.551. The number of hydrogen-bond donors (Lipinski definition) is 2. The van der Waals surface area contributed by atoms with Crippen LogP contribution in [0, 0.1) is 0 Å². The number of aliphatic imine (C=N–C) groups is 2. The van der Waals surface area contributed by atoms with Crippen molar-refractivity contribution in [3.05, 3.63) is 58.6 Å². The lowest BCUT2D eigenvalue weighted by Crippen LogP contribution is -2.42. The number of carbonyl (C=O) groups excluding carboxylic acids is 1. The number of rotatable bonds is 2. The first-order valence-corrected chi connectivity index (χ1v) is 8.64. The van der Waals surface area contributed by atoms with E-state index in [0.717, 1.165) is 27.1 Å². The highest BCUT2D eigenvalue weighted by molar-refractivity contribution is 9.10. The summed E-state index contributed by atoms with van der Waals surface area (Å²) < 4.78 is 5.86. The predicted molar refractivity (Wildman–Crippen MR) is 102 cm³/mol. The van der Waals surface area contributed by atoms with Crippen molar-refractivity contribution in [2.45, 2.75) is 13.3 Å². The van der Waals surface area contributed by atoms with E-state index in [-0.39, 0.29) is 0 Å². The van der Waals surface area contributed by atoms with Gasteiger partial charge in [-0.3, -0.25) is 10.4 Å². The van der Waals surface area contributed by atoms with E-state index in [4.69, 9.17) is 9.73 Å². The van der Waals surface area contributed by atoms with Crippen molar-refractivity contribution in [1.82, 2.24) is 10.9 Å². The van der Waals surface area contributed by atoms with Crippen LogP contribution in [0.5, 0.6) is 0 Å². The van der Waals surface area contributed by atoms with Gasteiger partial charge >= 0.3 is 6.09 Å². The fourth-order valence-corrected chi connectivity index (χ4v) is 2.62. The SMILES string of the molecule is CCOC(=O)NNC1=Nc2ccccc2N=C(c2ccc(Br)cc2)C1. The molecule has 2 aromatic rings. The van der Waals surface area contributed by atoms with Gasteiger partial charge in [-0.1, -0.05) is 40.2 Å². The molecule has 0 aliphatic carbocycles. The maximum atomic E-state index is 11.5. The van der Waals surface area contributed by atoms with Gasteiger partial charge < -0.3 is 4.74 Å². The van der Waals surface area contributed by atoms with E-state index in [9.17, 15) is 4.79 Å². The Morgan fingerprint density at radius 2 is 1.80 bits per heavy atom. The molecule has 0 saturated heterocycles. The maximum absolute atomic E-state index is 11.5. The molecule has 0 spiro atoms. The third-order valence-electron chi connectivity index (χ3n) is 3.49. The van der Waals surface area contributed by atoms with Gasteiger partial charge in [0.15, 0.2) is 0 Å². The Hall–Kier alpha value is -2.67. The van der Waals surface area contributed by atoms with Gasteiger partial charge in [0, 0.05) is 4.47 Å². The molecule has 2 N–H and O–H groups in total. The Labute approximate surface area is 154 Å². The molecule has 0 atom stereocenters. The van der Waals surface area contributed by atoms with Crippen LogP contribution in [0.25, 0.3) is 0 Å². The molecule has 0 aromatic heterocycles. The maximum Gasteiger partial charge on any atom is 0.425 e. The second-order valence-corrected chi connectivity index (χ2v) is 6.18. The number of nitrogens with one attached hydrogen (secondary N) is 2. The molecule has 1 aliphatic rings. The molecule has 0 unspecified atom stereocenters. The number of hydrogen-bond acceptors (Lipinski definition) is 5. The summed E-state index contributed by atoms with van der Waals surface area (Å²) >= 11 is 3.44. The molecular weight excluding hydrogens is 384 g/mol. The van der Waals surface area contributed by atoms with Gasteiger partial charge in [0.25, 0.3) is 0 Å². The molecule has 25 heavy (non-hydrogen) atoms. The zero-order valence-electron chi connectivity index (χ0n) is 13.6. The first-order chi connectivity index (χ1) is 12.2. The lowest BCUT2D eigenvalue weighted by Gasteiger charge is -2.11. The lowest BCUT2D eigenvalue weighted by atomic mass is 10.1. The molecule has 0 fully saturated rings. The van der Waals surface area contributed by atoms with Crippen molar-refractivity contribution in [2.75, 3.05) is 6.61 Å². The van der Waals surface area contributed by atoms with Gasteiger partial charge in [-0.15, -0.1) is 0 Å². The van der Waals surface area contributed by atoms with E-state index in [1.54, 1.807) is 6.92 Å². The Morgan fingerprint density at radius 3 is 2.48 bits per heavy atom. The van der Waals surface area contributed by atoms with Gasteiger partial charge in [-0.2, -0.15) is 0 Å². The minimum absolute atomic E-state index is 0.300. The van der Waals surface area contributed by atoms with E-state index in [1.165, 1.54) is 0 Å². The van der Waals surface area contributed by atoms with Crippen LogP contribution in [-0.2, 0) is 4.74 Å². The van der Waals surface area contributed by atoms with Gasteiger partial charge in [0.1, 0.15) is 5.84 Å². The molecule has 128 valence electrons. The molecule has 0 bridgehead atoms. The van der Waals surface area contributed by atoms with Crippen molar-refractivity contribution in [3.63, 3.8) is 0 Å². The third-order valence-corrected chi connectivity index (χ3v) is 4.02. The Morgan fingerprint density at radius 1 is 1.12 bits per heavy atom. The molecule has 6 nitrogen and oxygen atoms in total. The number of halogens is 1. The van der Waals surface area contributed by atoms with Crippen LogP contribution in [-0.4, -0.2) is 24.2 Å². The largest absolute Gasteiger partial charge is 0.449 e. The molecule has 2 aromatic carbocycles. The molecule has 1 aliphatic heterocycles. The van der Waals surface area contributed by atoms with Crippen LogP contribution < -0.4 is 10.9 Å². The smallest absolute Gasteiger partial charge is 0.425 e. The molecular formula is C18H17BrN4O2. The zero-order valence-corrected chi connectivity index (χ0v) is 15.2. The predicted octanol–water partition coefficient (Wildman–Crippen LogP) is 4.25. The van der Waals surface area contributed by atoms with Crippen molar-refractivity contribution in [2.24, 2.45) is 9.98 Å². The number of ether oxygens (including phenoxy) is 1. The number of fused-ring (bicyclic) bond motifs is 1. The zero-order chi connectivity index (χ0) is 17.6. The van der Waals surface area contributed by atoms with Crippen LogP contribution in [0.3, 0.4) is 0 Å². The second-order valence-electron chi connectivity index (χ2n) is 5.26. The summed E-state index contributed by atoms with van der Waals surface area (Å²) in [6.07, 6.45) is -0.104. The number of amidine groups is 1. The highest BCUT2D eigenvalue weighted by Crippen LogP contribution is 2.31. The van der Waals surface area contributed by atoms with Crippen LogP contribution in [0.4, 0.5) is 16.2 Å². The van der Waals surface area contributed by atoms with Crippen LogP contribution in [0.15, 0.2) is 63.0 Å². The normalized spacial score (nSPS) is 13.0. The second kappa shape index (κ2) is 7.94. The average Bonchev–Trinajstić information content (AvgIpc) is 2.80. The number of hydrazine groups is 1. The quantitative estimate of drug-likeness (QED) is 0.739. The van der Waals surface area contributed by atoms with Crippen LogP contribution in [0.1, 0.15) is 18.9 Å². The number of amides is 1. The number of benzene rings is 2. The topological polar surface area (TPSA) is 75.1 Å². The summed E-state index contributed by atoms with van der Waals surface area (Å²) in [5, 5.41) is 0. The first kappa shape index (κ1) is 17.2. The van der Waals surface area contributed by atoms with Crippen molar-refractivity contribution in [3.8, 4) is 0 Å². The Kier molecular flexibility index (Phi) is 5.45. The molecule has 0 saturated carbocycles. The van der Waals surface area contributed by atoms with E-state index in [1.807, 2.05) is 48.5 Å². The van der Waals surface area contributed by atoms with Crippen molar-refractivity contribution in [1.29, 1.82) is 0 Å². The highest BCUT2D eigenvalue weighted by Gasteiger charge is 2.15. The van der Waals surface area contributed by atoms with Crippen LogP contribution >= 0.6 is 15.9 Å². The van der Waals surface area contributed by atoms with Gasteiger partial charge in [-0.05, 0) is 36.8 Å². The summed E-state index contributed by atoms with van der Waals surface area (Å²) in [6.45, 7) is 2.05. The van der Waals surface area contributed by atoms with Crippen molar-refractivity contribution < 1.29 is 9.53 Å². The fourth-order valence-electron chi connectivity index (χ4n) is 2.35. The summed E-state index contributed by atoms with van der Waals surface area (Å²) in [4.78, 5) is 20.9. The molecule has 1 heterocycles. The monoisotopic (exact) mass is 400 g/mol. The molecule has 3 rings (SSSR count). The van der Waals surface area contributed by atoms with E-state index in [0.29, 0.717) is 18.9 Å². The van der Waals surface area contributed by atoms with Crippen LogP contribution in [0.2, 0.25) is 0 Å².